The van der Waals surface area contributed by atoms with Crippen LogP contribution in [0.4, 0.5) is 0 Å². The molecule has 68 valence electrons. The van der Waals surface area contributed by atoms with Crippen LogP contribution in [0, 0.1) is 0 Å². The number of isocyanates is 1. The number of nitrogens with one attached hydrogen (secondary N) is 1. The van der Waals surface area contributed by atoms with E-state index in [9.17, 15) is 9.59 Å². The van der Waals surface area contributed by atoms with Crippen molar-refractivity contribution in [3.63, 3.8) is 0 Å². The third kappa shape index (κ3) is 6.96. The Morgan fingerprint density at radius 1 is 1.58 bits per heavy atom. The summed E-state index contributed by atoms with van der Waals surface area (Å²) in [7, 11) is 0. The average molecular weight is 170 g/mol. The van der Waals surface area contributed by atoms with Crippen LogP contribution in [0.1, 0.15) is 26.2 Å². The first-order chi connectivity index (χ1) is 5.81. The van der Waals surface area contributed by atoms with Crippen LogP contribution in [-0.4, -0.2) is 25.1 Å². The van der Waals surface area contributed by atoms with Crippen molar-refractivity contribution >= 4 is 12.0 Å². The van der Waals surface area contributed by atoms with Gasteiger partial charge in [0.2, 0.25) is 12.0 Å². The van der Waals surface area contributed by atoms with Crippen molar-refractivity contribution in [2.24, 2.45) is 4.99 Å². The highest BCUT2D eigenvalue weighted by molar-refractivity contribution is 5.75. The van der Waals surface area contributed by atoms with Crippen molar-refractivity contribution in [2.75, 3.05) is 13.1 Å². The quantitative estimate of drug-likeness (QED) is 0.361. The van der Waals surface area contributed by atoms with Crippen LogP contribution in [0.3, 0.4) is 0 Å². The minimum absolute atomic E-state index is 0.0259. The molecule has 0 aliphatic heterocycles. The van der Waals surface area contributed by atoms with Gasteiger partial charge in [0.05, 0.1) is 6.54 Å². The highest BCUT2D eigenvalue weighted by Crippen LogP contribution is 1.92. The Morgan fingerprint density at radius 2 is 2.33 bits per heavy atom. The molecule has 0 spiro atoms. The first kappa shape index (κ1) is 10.8. The number of aliphatic imine (C=N–C) groups is 1. The molecule has 0 fully saturated rings. The first-order valence-corrected chi connectivity index (χ1v) is 4.11. The molecule has 4 nitrogen and oxygen atoms in total. The Labute approximate surface area is 72.1 Å². The zero-order valence-electron chi connectivity index (χ0n) is 7.30. The zero-order valence-corrected chi connectivity index (χ0v) is 7.30. The fourth-order valence-electron chi connectivity index (χ4n) is 0.723. The third-order valence-corrected chi connectivity index (χ3v) is 1.37. The monoisotopic (exact) mass is 170 g/mol. The Morgan fingerprint density at radius 3 is 2.92 bits per heavy atom. The lowest BCUT2D eigenvalue weighted by atomic mass is 10.2. The minimum atomic E-state index is 0.0259. The molecule has 4 heteroatoms. The second kappa shape index (κ2) is 7.95. The van der Waals surface area contributed by atoms with Gasteiger partial charge in [-0.05, 0) is 6.42 Å². The Hall–Kier alpha value is -1.15. The van der Waals surface area contributed by atoms with E-state index in [1.54, 1.807) is 0 Å². The molecule has 0 rings (SSSR count). The van der Waals surface area contributed by atoms with Gasteiger partial charge in [-0.25, -0.2) is 9.79 Å². The van der Waals surface area contributed by atoms with Gasteiger partial charge < -0.3 is 5.32 Å². The molecule has 0 bridgehead atoms. The molecule has 0 atom stereocenters. The fourth-order valence-corrected chi connectivity index (χ4v) is 0.723. The van der Waals surface area contributed by atoms with Gasteiger partial charge >= 0.3 is 0 Å². The maximum absolute atomic E-state index is 10.9. The highest BCUT2D eigenvalue weighted by atomic mass is 16.1. The molecular formula is C8H14N2O2. The van der Waals surface area contributed by atoms with E-state index in [1.165, 1.54) is 6.08 Å². The van der Waals surface area contributed by atoms with Crippen molar-refractivity contribution in [2.45, 2.75) is 26.2 Å². The summed E-state index contributed by atoms with van der Waals surface area (Å²) < 4.78 is 0. The topological polar surface area (TPSA) is 58.5 Å². The third-order valence-electron chi connectivity index (χ3n) is 1.37. The maximum Gasteiger partial charge on any atom is 0.235 e. The summed E-state index contributed by atoms with van der Waals surface area (Å²) in [4.78, 5) is 23.8. The molecule has 0 aliphatic rings. The van der Waals surface area contributed by atoms with Gasteiger partial charge in [0.25, 0.3) is 0 Å². The predicted molar refractivity (Wildman–Crippen MR) is 45.5 cm³/mol. The normalized spacial score (nSPS) is 8.75. The largest absolute Gasteiger partial charge is 0.354 e. The molecular weight excluding hydrogens is 156 g/mol. The molecule has 1 amide bonds. The van der Waals surface area contributed by atoms with E-state index in [1.807, 2.05) is 6.92 Å². The van der Waals surface area contributed by atoms with Crippen LogP contribution in [-0.2, 0) is 9.59 Å². The summed E-state index contributed by atoms with van der Waals surface area (Å²) in [6.45, 7) is 2.78. The molecule has 1 N–H and O–H groups in total. The van der Waals surface area contributed by atoms with Gasteiger partial charge in [0, 0.05) is 13.0 Å². The van der Waals surface area contributed by atoms with Gasteiger partial charge in [0.1, 0.15) is 0 Å². The first-order valence-electron chi connectivity index (χ1n) is 4.11. The molecule has 0 saturated heterocycles. The Balaban J connectivity index is 3.25. The van der Waals surface area contributed by atoms with Crippen molar-refractivity contribution < 1.29 is 9.59 Å². The molecule has 0 unspecified atom stereocenters. The molecule has 0 saturated carbocycles. The van der Waals surface area contributed by atoms with Gasteiger partial charge in [0.15, 0.2) is 0 Å². The van der Waals surface area contributed by atoms with Crippen molar-refractivity contribution in [1.29, 1.82) is 0 Å². The number of hydrogen-bond donors (Lipinski definition) is 1. The molecule has 0 aliphatic carbocycles. The van der Waals surface area contributed by atoms with E-state index in [4.69, 9.17) is 0 Å². The van der Waals surface area contributed by atoms with E-state index < -0.39 is 0 Å². The molecule has 12 heavy (non-hydrogen) atoms. The number of carbonyl (C=O) groups is 1. The second-order valence-corrected chi connectivity index (χ2v) is 2.43. The number of carbonyl (C=O) groups excluding carboxylic acids is 2. The molecule has 0 heterocycles. The van der Waals surface area contributed by atoms with Crippen molar-refractivity contribution in [1.82, 2.24) is 5.32 Å². The minimum Gasteiger partial charge on any atom is -0.354 e. The summed E-state index contributed by atoms with van der Waals surface area (Å²) in [5.41, 5.74) is 0. The number of amides is 1. The van der Waals surface area contributed by atoms with E-state index in [2.05, 4.69) is 10.3 Å². The van der Waals surface area contributed by atoms with Crippen LogP contribution in [0.2, 0.25) is 0 Å². The molecule has 0 aromatic carbocycles. The summed E-state index contributed by atoms with van der Waals surface area (Å²) in [6, 6.07) is 0. The predicted octanol–water partition coefficient (Wildman–Crippen LogP) is 0.629. The SMILES string of the molecule is CCCCC(=O)NCCN=C=O. The summed E-state index contributed by atoms with van der Waals surface area (Å²) >= 11 is 0. The number of hydrogen-bond acceptors (Lipinski definition) is 3. The van der Waals surface area contributed by atoms with E-state index >= 15 is 0 Å². The fraction of sp³-hybridized carbons (Fsp3) is 0.750. The van der Waals surface area contributed by atoms with E-state index in [-0.39, 0.29) is 5.91 Å². The lowest BCUT2D eigenvalue weighted by Gasteiger charge is -2.00. The molecule has 0 radical (unpaired) electrons. The van der Waals surface area contributed by atoms with E-state index in [0.717, 1.165) is 12.8 Å². The maximum atomic E-state index is 10.9. The molecule has 0 aromatic rings. The lowest BCUT2D eigenvalue weighted by Crippen LogP contribution is -2.25. The highest BCUT2D eigenvalue weighted by Gasteiger charge is 1.97. The van der Waals surface area contributed by atoms with Gasteiger partial charge in [-0.3, -0.25) is 4.79 Å². The molecule has 0 aromatic heterocycles. The second-order valence-electron chi connectivity index (χ2n) is 2.43. The smallest absolute Gasteiger partial charge is 0.235 e. The van der Waals surface area contributed by atoms with Crippen molar-refractivity contribution in [3.8, 4) is 0 Å². The van der Waals surface area contributed by atoms with Crippen molar-refractivity contribution in [3.05, 3.63) is 0 Å². The standard InChI is InChI=1S/C8H14N2O2/c1-2-3-4-8(12)10-6-5-9-7-11/h2-6H2,1H3,(H,10,12). The summed E-state index contributed by atoms with van der Waals surface area (Å²) in [5.74, 6) is 0.0259. The summed E-state index contributed by atoms with van der Waals surface area (Å²) in [5, 5.41) is 2.64. The Kier molecular flexibility index (Phi) is 7.19. The van der Waals surface area contributed by atoms with Gasteiger partial charge in [-0.15, -0.1) is 0 Å². The Bertz CT molecular complexity index is 174. The number of unbranched alkanes of at least 4 members (excludes halogenated alkanes) is 1. The number of nitrogens with zero attached hydrogens (tertiary/aromatic N) is 1. The van der Waals surface area contributed by atoms with E-state index in [0.29, 0.717) is 19.5 Å². The van der Waals surface area contributed by atoms with Crippen LogP contribution < -0.4 is 5.32 Å². The summed E-state index contributed by atoms with van der Waals surface area (Å²) in [6.07, 6.45) is 3.88. The lowest BCUT2D eigenvalue weighted by molar-refractivity contribution is -0.121. The van der Waals surface area contributed by atoms with Crippen LogP contribution in [0.5, 0.6) is 0 Å². The van der Waals surface area contributed by atoms with Gasteiger partial charge in [-0.2, -0.15) is 0 Å². The zero-order chi connectivity index (χ0) is 9.23. The van der Waals surface area contributed by atoms with Gasteiger partial charge in [-0.1, -0.05) is 13.3 Å². The average Bonchev–Trinajstić information content (AvgIpc) is 2.09. The van der Waals surface area contributed by atoms with Crippen LogP contribution in [0.25, 0.3) is 0 Å². The van der Waals surface area contributed by atoms with Crippen LogP contribution in [0.15, 0.2) is 4.99 Å². The van der Waals surface area contributed by atoms with Crippen LogP contribution >= 0.6 is 0 Å². The number of rotatable bonds is 6.